The molecule has 0 aliphatic rings. The maximum Gasteiger partial charge on any atom is 0.412 e. The second-order valence-electron chi connectivity index (χ2n) is 10.7. The van der Waals surface area contributed by atoms with E-state index in [1.54, 1.807) is 6.92 Å². The predicted octanol–water partition coefficient (Wildman–Crippen LogP) is 8.18. The topological polar surface area (TPSA) is 114 Å². The average Bonchev–Trinajstić information content (AvgIpc) is 2.88. The van der Waals surface area contributed by atoms with Crippen molar-refractivity contribution in [3.8, 4) is 0 Å². The molecule has 0 saturated carbocycles. The largest absolute Gasteiger partial charge is 0.465 e. The Hall–Kier alpha value is -1.74. The molecule has 0 spiro atoms. The van der Waals surface area contributed by atoms with Gasteiger partial charge in [-0.2, -0.15) is 26.3 Å². The van der Waals surface area contributed by atoms with E-state index in [4.69, 9.17) is 9.16 Å². The lowest BCUT2D eigenvalue weighted by Gasteiger charge is -2.35. The molecule has 0 bridgehead atoms. The molecule has 0 radical (unpaired) electrons. The first kappa shape index (κ1) is 46.7. The minimum atomic E-state index is -5.00. The molecule has 0 aliphatic heterocycles. The molecule has 0 aromatic carbocycles. The summed E-state index contributed by atoms with van der Waals surface area (Å²) in [5.74, 6) is -1.48. The van der Waals surface area contributed by atoms with Gasteiger partial charge >= 0.3 is 31.9 Å². The first-order chi connectivity index (χ1) is 19.8. The van der Waals surface area contributed by atoms with Crippen LogP contribution in [0.5, 0.6) is 0 Å². The number of aldehydes is 1. The molecule has 0 fully saturated rings. The van der Waals surface area contributed by atoms with E-state index in [2.05, 4.69) is 54.6 Å². The average molecular weight is 691 g/mol. The monoisotopic (exact) mass is 690 g/mol. The van der Waals surface area contributed by atoms with Crippen LogP contribution >= 0.6 is 7.60 Å². The lowest BCUT2D eigenvalue weighted by Crippen LogP contribution is -2.41. The number of ether oxygens (including phenoxy) is 2. The van der Waals surface area contributed by atoms with Crippen molar-refractivity contribution in [2.45, 2.75) is 111 Å². The molecule has 0 aliphatic carbocycles. The summed E-state index contributed by atoms with van der Waals surface area (Å²) in [5, 5.41) is 0.246. The zero-order valence-electron chi connectivity index (χ0n) is 27.3. The van der Waals surface area contributed by atoms with Crippen LogP contribution in [-0.4, -0.2) is 77.6 Å². The quantitative estimate of drug-likeness (QED) is 0.0319. The Morgan fingerprint density at radius 1 is 0.864 bits per heavy atom. The fourth-order valence-corrected chi connectivity index (χ4v) is 4.82. The van der Waals surface area contributed by atoms with Crippen molar-refractivity contribution in [3.63, 3.8) is 0 Å². The molecule has 0 aromatic heterocycles. The number of allylic oxidation sites excluding steroid dienone is 1. The van der Waals surface area contributed by atoms with Crippen molar-refractivity contribution in [2.24, 2.45) is 0 Å². The SMILES string of the molecule is CC(C)(C)[Si](C)(C)OCCC=O.CCC/C=C(/C)C(=O)OCC.CCOC(=O)C(C)P(=O)(OCC(F)(F)F)OCC(F)(F)F. The van der Waals surface area contributed by atoms with Gasteiger partial charge in [0, 0.05) is 18.6 Å². The molecule has 0 rings (SSSR count). The second kappa shape index (κ2) is 21.9. The van der Waals surface area contributed by atoms with E-state index >= 15 is 0 Å². The fourth-order valence-electron chi connectivity index (χ4n) is 2.25. The number of hydrogen-bond acceptors (Lipinski definition) is 9. The summed E-state index contributed by atoms with van der Waals surface area (Å²) < 4.78 is 107. The Labute approximate surface area is 258 Å². The fraction of sp³-hybridized carbons (Fsp3) is 0.815. The van der Waals surface area contributed by atoms with Gasteiger partial charge in [-0.3, -0.25) is 18.4 Å². The van der Waals surface area contributed by atoms with E-state index in [1.165, 1.54) is 6.92 Å². The summed E-state index contributed by atoms with van der Waals surface area (Å²) in [5.41, 5.74) is -1.21. The summed E-state index contributed by atoms with van der Waals surface area (Å²) >= 11 is 0. The van der Waals surface area contributed by atoms with Crippen molar-refractivity contribution < 1.29 is 68.2 Å². The highest BCUT2D eigenvalue weighted by Crippen LogP contribution is 2.55. The normalized spacial score (nSPS) is 13.5. The van der Waals surface area contributed by atoms with Crippen LogP contribution in [0, 0.1) is 0 Å². The van der Waals surface area contributed by atoms with Crippen LogP contribution < -0.4 is 0 Å². The molecule has 1 atom stereocenters. The van der Waals surface area contributed by atoms with E-state index in [1.807, 2.05) is 13.0 Å². The molecule has 0 heterocycles. The summed E-state index contributed by atoms with van der Waals surface area (Å²) in [6.45, 7) is 15.4. The molecule has 1 unspecified atom stereocenters. The zero-order valence-corrected chi connectivity index (χ0v) is 29.2. The van der Waals surface area contributed by atoms with E-state index in [9.17, 15) is 45.3 Å². The summed E-state index contributed by atoms with van der Waals surface area (Å²) in [6.07, 6.45) is -4.55. The molecule has 17 heteroatoms. The number of unbranched alkanes of at least 4 members (excludes halogenated alkanes) is 1. The highest BCUT2D eigenvalue weighted by atomic mass is 31.2. The minimum Gasteiger partial charge on any atom is -0.465 e. The van der Waals surface area contributed by atoms with Gasteiger partial charge < -0.3 is 18.7 Å². The van der Waals surface area contributed by atoms with Crippen molar-refractivity contribution >= 4 is 34.1 Å². The second-order valence-corrected chi connectivity index (χ2v) is 17.9. The van der Waals surface area contributed by atoms with Crippen LogP contribution in [0.1, 0.15) is 74.7 Å². The van der Waals surface area contributed by atoms with Gasteiger partial charge in [0.1, 0.15) is 6.29 Å². The van der Waals surface area contributed by atoms with E-state index in [0.29, 0.717) is 25.2 Å². The molecule has 0 saturated heterocycles. The lowest BCUT2D eigenvalue weighted by atomic mass is 10.2. The smallest absolute Gasteiger partial charge is 0.412 e. The van der Waals surface area contributed by atoms with Gasteiger partial charge in [0.15, 0.2) is 27.2 Å². The Morgan fingerprint density at radius 3 is 1.66 bits per heavy atom. The molecule has 0 N–H and O–H groups in total. The van der Waals surface area contributed by atoms with Gasteiger partial charge in [-0.25, -0.2) is 4.79 Å². The van der Waals surface area contributed by atoms with Gasteiger partial charge in [0.2, 0.25) is 0 Å². The van der Waals surface area contributed by atoms with Gasteiger partial charge in [-0.05, 0) is 52.2 Å². The third-order valence-corrected chi connectivity index (χ3v) is 12.4. The van der Waals surface area contributed by atoms with Gasteiger partial charge in [-0.1, -0.05) is 40.2 Å². The molecule has 0 aromatic rings. The first-order valence-electron chi connectivity index (χ1n) is 13.9. The minimum absolute atomic E-state index is 0.194. The van der Waals surface area contributed by atoms with Crippen molar-refractivity contribution in [3.05, 3.63) is 11.6 Å². The molecular weight excluding hydrogens is 641 g/mol. The van der Waals surface area contributed by atoms with Gasteiger partial charge in [0.25, 0.3) is 0 Å². The zero-order chi connectivity index (χ0) is 35.4. The van der Waals surface area contributed by atoms with E-state index in [-0.39, 0.29) is 17.6 Å². The summed E-state index contributed by atoms with van der Waals surface area (Å²) in [4.78, 5) is 32.4. The standard InChI is InChI=1S/C9H13F6O5P.C9H20O2Si.C9H16O2/c1-3-18-7(16)6(2)21(17,19-4-8(10,11)12)20-5-9(13,14)15;1-9(2,3)12(4,5)11-8-6-7-10;1-4-6-7-8(3)9(10)11-5-2/h6H,3-5H2,1-2H3;7H,6,8H2,1-5H3;7H,4-6H2,1-3H3/b;;8-7-. The van der Waals surface area contributed by atoms with Crippen LogP contribution in [0.2, 0.25) is 18.1 Å². The number of carbonyl (C=O) groups excluding carboxylic acids is 3. The van der Waals surface area contributed by atoms with Crippen LogP contribution in [-0.2, 0) is 41.9 Å². The maximum absolute atomic E-state index is 12.0. The van der Waals surface area contributed by atoms with Crippen LogP contribution in [0.3, 0.4) is 0 Å². The predicted molar refractivity (Wildman–Crippen MR) is 157 cm³/mol. The third kappa shape index (κ3) is 23.6. The number of carbonyl (C=O) groups is 3. The molecule has 9 nitrogen and oxygen atoms in total. The molecule has 0 amide bonds. The van der Waals surface area contributed by atoms with Crippen LogP contribution in [0.4, 0.5) is 26.3 Å². The Morgan fingerprint density at radius 2 is 1.32 bits per heavy atom. The number of halogens is 6. The summed E-state index contributed by atoms with van der Waals surface area (Å²) in [6, 6.07) is 0. The Balaban J connectivity index is -0.000000622. The number of alkyl halides is 6. The van der Waals surface area contributed by atoms with Crippen molar-refractivity contribution in [2.75, 3.05) is 33.0 Å². The van der Waals surface area contributed by atoms with Crippen molar-refractivity contribution in [1.29, 1.82) is 0 Å². The highest BCUT2D eigenvalue weighted by Gasteiger charge is 2.45. The first-order valence-corrected chi connectivity index (χ1v) is 18.5. The van der Waals surface area contributed by atoms with Gasteiger partial charge in [-0.15, -0.1) is 0 Å². The van der Waals surface area contributed by atoms with E-state index < -0.39 is 53.1 Å². The molecule has 262 valence electrons. The third-order valence-electron chi connectivity index (χ3n) is 5.76. The summed E-state index contributed by atoms with van der Waals surface area (Å²) in [7, 11) is -6.60. The molecule has 44 heavy (non-hydrogen) atoms. The van der Waals surface area contributed by atoms with Crippen LogP contribution in [0.25, 0.3) is 0 Å². The number of rotatable bonds is 15. The maximum atomic E-state index is 12.0. The van der Waals surface area contributed by atoms with E-state index in [0.717, 1.165) is 26.1 Å². The number of esters is 2. The Bertz CT molecular complexity index is 895. The van der Waals surface area contributed by atoms with Crippen molar-refractivity contribution in [1.82, 2.24) is 0 Å². The Kier molecular flexibility index (Phi) is 23.2. The number of hydrogen-bond donors (Lipinski definition) is 0. The van der Waals surface area contributed by atoms with Gasteiger partial charge in [0.05, 0.1) is 13.2 Å². The van der Waals surface area contributed by atoms with Crippen LogP contribution in [0.15, 0.2) is 11.6 Å². The lowest BCUT2D eigenvalue weighted by molar-refractivity contribution is -0.167. The molecular formula is C27H49F6O9PSi. The highest BCUT2D eigenvalue weighted by molar-refractivity contribution is 7.55.